The van der Waals surface area contributed by atoms with Gasteiger partial charge in [-0.2, -0.15) is 26.3 Å². The fourth-order valence-corrected chi connectivity index (χ4v) is 4.66. The van der Waals surface area contributed by atoms with Crippen molar-refractivity contribution in [3.05, 3.63) is 59.7 Å². The summed E-state index contributed by atoms with van der Waals surface area (Å²) in [5.74, 6) is -0.472. The zero-order chi connectivity index (χ0) is 24.4. The molecule has 1 N–H and O–H groups in total. The molecule has 0 aliphatic carbocycles. The Bertz CT molecular complexity index is 966. The van der Waals surface area contributed by atoms with E-state index in [0.29, 0.717) is 18.6 Å². The molecule has 2 aromatic rings. The average molecular weight is 493 g/mol. The minimum atomic E-state index is -5.98. The predicted molar refractivity (Wildman–Crippen MR) is 111 cm³/mol. The van der Waals surface area contributed by atoms with Crippen LogP contribution in [-0.4, -0.2) is 41.8 Å². The summed E-state index contributed by atoms with van der Waals surface area (Å²) in [5.41, 5.74) is -5.36. The molecule has 1 atom stereocenters. The molecule has 0 fully saturated rings. The summed E-state index contributed by atoms with van der Waals surface area (Å²) < 4.78 is 85.2. The van der Waals surface area contributed by atoms with E-state index in [4.69, 9.17) is 4.74 Å². The zero-order valence-corrected chi connectivity index (χ0v) is 18.2. The Labute approximate surface area is 190 Å². The lowest BCUT2D eigenvalue weighted by Crippen LogP contribution is -2.54. The van der Waals surface area contributed by atoms with Crippen molar-refractivity contribution in [2.45, 2.75) is 48.1 Å². The van der Waals surface area contributed by atoms with E-state index in [1.807, 2.05) is 30.3 Å². The molecule has 4 nitrogen and oxygen atoms in total. The molecule has 0 aromatic heterocycles. The van der Waals surface area contributed by atoms with E-state index < -0.39 is 29.4 Å². The Hall–Kier alpha value is -2.24. The highest BCUT2D eigenvalue weighted by molar-refractivity contribution is 8.00. The minimum absolute atomic E-state index is 0.0499. The first-order chi connectivity index (χ1) is 15.4. The van der Waals surface area contributed by atoms with Crippen LogP contribution in [0.1, 0.15) is 24.5 Å². The Morgan fingerprint density at radius 3 is 2.30 bits per heavy atom. The summed E-state index contributed by atoms with van der Waals surface area (Å²) in [6, 6.07) is 11.3. The second kappa shape index (κ2) is 9.55. The largest absolute Gasteiger partial charge is 0.430 e. The maximum absolute atomic E-state index is 13.3. The highest BCUT2D eigenvalue weighted by Crippen LogP contribution is 2.52. The molecule has 0 saturated heterocycles. The molecule has 0 bridgehead atoms. The maximum Gasteiger partial charge on any atom is 0.430 e. The number of ether oxygens (including phenoxy) is 1. The Kier molecular flexibility index (Phi) is 7.35. The van der Waals surface area contributed by atoms with Crippen molar-refractivity contribution in [1.29, 1.82) is 0 Å². The number of anilines is 1. The van der Waals surface area contributed by atoms with E-state index in [1.54, 1.807) is 6.92 Å². The second-order valence-corrected chi connectivity index (χ2v) is 8.86. The third-order valence-electron chi connectivity index (χ3n) is 5.26. The standard InChI is InChI=1S/C22H21F6NO3S/c1-2-16-11-29(19(30)13-32-12-14-6-4-3-5-7-14)17-9-8-15(10-18(17)33-16)20(31,21(23,24)25)22(26,27)28/h3-10,16,31H,2,11-13H2,1H3. The normalized spacial score (nSPS) is 17.1. The first-order valence-corrected chi connectivity index (χ1v) is 10.9. The average Bonchev–Trinajstić information content (AvgIpc) is 2.76. The third kappa shape index (κ3) is 5.15. The summed E-state index contributed by atoms with van der Waals surface area (Å²) in [7, 11) is 0. The van der Waals surface area contributed by atoms with E-state index >= 15 is 0 Å². The Balaban J connectivity index is 1.88. The van der Waals surface area contributed by atoms with Gasteiger partial charge in [-0.25, -0.2) is 0 Å². The van der Waals surface area contributed by atoms with Gasteiger partial charge in [-0.15, -0.1) is 11.8 Å². The molecule has 180 valence electrons. The molecule has 1 aliphatic rings. The number of aliphatic hydroxyl groups is 1. The van der Waals surface area contributed by atoms with Gasteiger partial charge in [-0.05, 0) is 24.1 Å². The molecule has 33 heavy (non-hydrogen) atoms. The third-order valence-corrected chi connectivity index (χ3v) is 6.66. The SMILES string of the molecule is CCC1CN(C(=O)COCc2ccccc2)c2ccc(C(O)(C(F)(F)F)C(F)(F)F)cc2S1. The maximum atomic E-state index is 13.3. The topological polar surface area (TPSA) is 49.8 Å². The van der Waals surface area contributed by atoms with Crippen molar-refractivity contribution in [3.63, 3.8) is 0 Å². The van der Waals surface area contributed by atoms with E-state index in [-0.39, 0.29) is 35.6 Å². The highest BCUT2D eigenvalue weighted by atomic mass is 32.2. The van der Waals surface area contributed by atoms with Gasteiger partial charge in [0, 0.05) is 22.3 Å². The number of amides is 1. The van der Waals surface area contributed by atoms with Crippen molar-refractivity contribution in [2.24, 2.45) is 0 Å². The summed E-state index contributed by atoms with van der Waals surface area (Å²) >= 11 is 1.07. The number of benzene rings is 2. The molecule has 1 amide bonds. The molecule has 0 spiro atoms. The van der Waals surface area contributed by atoms with Gasteiger partial charge in [0.15, 0.2) is 0 Å². The molecule has 0 radical (unpaired) electrons. The summed E-state index contributed by atoms with van der Waals surface area (Å²) in [4.78, 5) is 14.1. The minimum Gasteiger partial charge on any atom is -0.369 e. The van der Waals surface area contributed by atoms with Crippen LogP contribution in [0.3, 0.4) is 0 Å². The molecular weight excluding hydrogens is 472 g/mol. The van der Waals surface area contributed by atoms with Crippen LogP contribution in [0.5, 0.6) is 0 Å². The van der Waals surface area contributed by atoms with Gasteiger partial charge in [0.25, 0.3) is 11.5 Å². The summed E-state index contributed by atoms with van der Waals surface area (Å²) in [5, 5.41) is 9.47. The van der Waals surface area contributed by atoms with Crippen molar-refractivity contribution >= 4 is 23.4 Å². The van der Waals surface area contributed by atoms with Gasteiger partial charge in [-0.3, -0.25) is 4.79 Å². The van der Waals surface area contributed by atoms with Crippen LogP contribution in [0.25, 0.3) is 0 Å². The molecule has 11 heteroatoms. The quantitative estimate of drug-likeness (QED) is 0.545. The van der Waals surface area contributed by atoms with Crippen molar-refractivity contribution in [1.82, 2.24) is 0 Å². The van der Waals surface area contributed by atoms with Crippen molar-refractivity contribution < 1.29 is 41.0 Å². The van der Waals surface area contributed by atoms with E-state index in [1.165, 1.54) is 4.90 Å². The van der Waals surface area contributed by atoms with Gasteiger partial charge in [0.05, 0.1) is 12.3 Å². The number of carbonyl (C=O) groups is 1. The molecule has 2 aromatic carbocycles. The highest BCUT2D eigenvalue weighted by Gasteiger charge is 2.71. The van der Waals surface area contributed by atoms with E-state index in [2.05, 4.69) is 0 Å². The number of nitrogens with zero attached hydrogens (tertiary/aromatic N) is 1. The molecular formula is C22H21F6NO3S. The van der Waals surface area contributed by atoms with Crippen LogP contribution in [0.4, 0.5) is 32.0 Å². The van der Waals surface area contributed by atoms with Crippen LogP contribution < -0.4 is 4.90 Å². The number of hydrogen-bond donors (Lipinski definition) is 1. The number of halogens is 6. The van der Waals surface area contributed by atoms with E-state index in [0.717, 1.165) is 23.4 Å². The lowest BCUT2D eigenvalue weighted by atomic mass is 9.92. The lowest BCUT2D eigenvalue weighted by Gasteiger charge is -2.36. The van der Waals surface area contributed by atoms with Gasteiger partial charge < -0.3 is 14.7 Å². The van der Waals surface area contributed by atoms with Crippen LogP contribution in [0.2, 0.25) is 0 Å². The van der Waals surface area contributed by atoms with Crippen LogP contribution in [0.15, 0.2) is 53.4 Å². The van der Waals surface area contributed by atoms with Gasteiger partial charge in [-0.1, -0.05) is 43.3 Å². The lowest BCUT2D eigenvalue weighted by molar-refractivity contribution is -0.376. The number of thioether (sulfide) groups is 1. The fourth-order valence-electron chi connectivity index (χ4n) is 3.42. The van der Waals surface area contributed by atoms with Crippen LogP contribution >= 0.6 is 11.8 Å². The number of hydrogen-bond acceptors (Lipinski definition) is 4. The molecule has 1 heterocycles. The molecule has 3 rings (SSSR count). The Morgan fingerprint density at radius 1 is 1.09 bits per heavy atom. The predicted octanol–water partition coefficient (Wildman–Crippen LogP) is 5.43. The molecule has 0 saturated carbocycles. The fraction of sp³-hybridized carbons (Fsp3) is 0.409. The number of fused-ring (bicyclic) bond motifs is 1. The number of rotatable bonds is 6. The van der Waals surface area contributed by atoms with E-state index in [9.17, 15) is 36.2 Å². The summed E-state index contributed by atoms with van der Waals surface area (Å²) in [6.07, 6.45) is -11.4. The number of alkyl halides is 6. The number of carbonyl (C=O) groups excluding carboxylic acids is 1. The second-order valence-electron chi connectivity index (χ2n) is 7.52. The van der Waals surface area contributed by atoms with Crippen LogP contribution in [-0.2, 0) is 21.7 Å². The Morgan fingerprint density at radius 2 is 1.73 bits per heavy atom. The van der Waals surface area contributed by atoms with Crippen molar-refractivity contribution in [3.8, 4) is 0 Å². The monoisotopic (exact) mass is 493 g/mol. The van der Waals surface area contributed by atoms with Gasteiger partial charge >= 0.3 is 12.4 Å². The first kappa shape index (κ1) is 25.4. The van der Waals surface area contributed by atoms with Gasteiger partial charge in [0.1, 0.15) is 6.61 Å². The van der Waals surface area contributed by atoms with Crippen molar-refractivity contribution in [2.75, 3.05) is 18.1 Å². The van der Waals surface area contributed by atoms with Gasteiger partial charge in [0.2, 0.25) is 0 Å². The smallest absolute Gasteiger partial charge is 0.369 e. The first-order valence-electron chi connectivity index (χ1n) is 9.97. The molecule has 1 aliphatic heterocycles. The molecule has 1 unspecified atom stereocenters. The van der Waals surface area contributed by atoms with Crippen LogP contribution in [0, 0.1) is 0 Å². The zero-order valence-electron chi connectivity index (χ0n) is 17.4. The summed E-state index contributed by atoms with van der Waals surface area (Å²) in [6.45, 7) is 1.88.